The van der Waals surface area contributed by atoms with E-state index in [1.165, 1.54) is 6.20 Å². The van der Waals surface area contributed by atoms with Crippen molar-refractivity contribution in [3.63, 3.8) is 0 Å². The van der Waals surface area contributed by atoms with Crippen LogP contribution in [0.1, 0.15) is 11.1 Å². The lowest BCUT2D eigenvalue weighted by Crippen LogP contribution is -1.86. The molecule has 2 aromatic heterocycles. The molecule has 1 nitrogen and oxygen atoms in total. The number of rotatable bonds is 0. The van der Waals surface area contributed by atoms with Gasteiger partial charge >= 0.3 is 0 Å². The maximum Gasteiger partial charge on any atom is 0.143 e. The van der Waals surface area contributed by atoms with Gasteiger partial charge in [0.15, 0.2) is 0 Å². The normalized spacial score (nSPS) is 9.47. The lowest BCUT2D eigenvalue weighted by molar-refractivity contribution is 0.622. The maximum atomic E-state index is 13.3. The number of pyridine rings is 1. The minimum absolute atomic E-state index is 0.133. The van der Waals surface area contributed by atoms with Crippen LogP contribution in [0.15, 0.2) is 29.1 Å². The molecule has 74 valence electrons. The molecule has 0 bridgehead atoms. The van der Waals surface area contributed by atoms with E-state index < -0.39 is 5.82 Å². The molecule has 0 aliphatic rings. The Hall–Kier alpha value is -1.37. The van der Waals surface area contributed by atoms with E-state index in [1.54, 1.807) is 11.3 Å². The van der Waals surface area contributed by atoms with Crippen LogP contribution in [0.3, 0.4) is 0 Å². The Morgan fingerprint density at radius 1 is 1.40 bits per heavy atom. The van der Waals surface area contributed by atoms with E-state index >= 15 is 0 Å². The highest BCUT2D eigenvalue weighted by Crippen LogP contribution is 2.10. The van der Waals surface area contributed by atoms with Crippen molar-refractivity contribution in [2.24, 2.45) is 0 Å². The van der Waals surface area contributed by atoms with E-state index in [0.717, 1.165) is 11.6 Å². The van der Waals surface area contributed by atoms with Gasteiger partial charge in [0, 0.05) is 23.2 Å². The zero-order valence-corrected chi connectivity index (χ0v) is 9.07. The molecule has 0 saturated carbocycles. The third-order valence-electron chi connectivity index (χ3n) is 1.68. The van der Waals surface area contributed by atoms with E-state index in [4.69, 9.17) is 11.6 Å². The number of hydrogen-bond donors (Lipinski definition) is 0. The Morgan fingerprint density at radius 3 is 2.93 bits per heavy atom. The average Bonchev–Trinajstić information content (AvgIpc) is 2.69. The fourth-order valence-corrected chi connectivity index (χ4v) is 1.71. The van der Waals surface area contributed by atoms with Crippen LogP contribution in [0.5, 0.6) is 0 Å². The van der Waals surface area contributed by atoms with Crippen LogP contribution in [0.25, 0.3) is 0 Å². The van der Waals surface area contributed by atoms with Crippen molar-refractivity contribution in [1.82, 2.24) is 4.98 Å². The second-order valence-corrected chi connectivity index (χ2v) is 3.92. The van der Waals surface area contributed by atoms with E-state index in [-0.39, 0.29) is 10.7 Å². The van der Waals surface area contributed by atoms with Gasteiger partial charge in [0.1, 0.15) is 11.0 Å². The minimum Gasteiger partial charge on any atom is -0.243 e. The Balaban J connectivity index is 2.32. The smallest absolute Gasteiger partial charge is 0.143 e. The first-order valence-corrected chi connectivity index (χ1v) is 5.43. The summed E-state index contributed by atoms with van der Waals surface area (Å²) in [5.74, 6) is 5.10. The second-order valence-electron chi connectivity index (χ2n) is 2.75. The second kappa shape index (κ2) is 4.43. The van der Waals surface area contributed by atoms with E-state index in [9.17, 15) is 4.39 Å². The number of halogens is 2. The Bertz CT molecular complexity index is 525. The molecule has 0 aliphatic heterocycles. The molecule has 0 radical (unpaired) electrons. The van der Waals surface area contributed by atoms with Gasteiger partial charge in [0.05, 0.1) is 5.56 Å². The quantitative estimate of drug-likeness (QED) is 0.506. The first kappa shape index (κ1) is 10.2. The summed E-state index contributed by atoms with van der Waals surface area (Å²) in [6.07, 6.45) is 1.33. The molecule has 15 heavy (non-hydrogen) atoms. The lowest BCUT2D eigenvalue weighted by Gasteiger charge is -1.93. The summed E-state index contributed by atoms with van der Waals surface area (Å²) in [6.45, 7) is 0. The molecule has 4 heteroatoms. The molecule has 2 rings (SSSR count). The van der Waals surface area contributed by atoms with Gasteiger partial charge in [-0.2, -0.15) is 11.3 Å². The summed E-state index contributed by atoms with van der Waals surface area (Å²) in [7, 11) is 0. The van der Waals surface area contributed by atoms with Crippen LogP contribution in [0.4, 0.5) is 4.39 Å². The predicted octanol–water partition coefficient (Wildman–Crippen LogP) is 3.34. The van der Waals surface area contributed by atoms with Crippen molar-refractivity contribution >= 4 is 22.9 Å². The fourth-order valence-electron chi connectivity index (χ4n) is 0.975. The highest BCUT2D eigenvalue weighted by molar-refractivity contribution is 7.08. The van der Waals surface area contributed by atoms with Crippen molar-refractivity contribution in [3.05, 3.63) is 51.2 Å². The van der Waals surface area contributed by atoms with Gasteiger partial charge in [0.25, 0.3) is 0 Å². The summed E-state index contributed by atoms with van der Waals surface area (Å²) >= 11 is 7.07. The highest BCUT2D eigenvalue weighted by Gasteiger charge is 2.00. The summed E-state index contributed by atoms with van der Waals surface area (Å²) in [6, 6.07) is 3.03. The van der Waals surface area contributed by atoms with Crippen LogP contribution in [0.2, 0.25) is 5.15 Å². The monoisotopic (exact) mass is 237 g/mol. The zero-order chi connectivity index (χ0) is 10.7. The molecular formula is C11H5ClFNS. The molecular weight excluding hydrogens is 233 g/mol. The van der Waals surface area contributed by atoms with Gasteiger partial charge in [-0.05, 0) is 11.4 Å². The van der Waals surface area contributed by atoms with Gasteiger partial charge in [0.2, 0.25) is 0 Å². The Labute approximate surface area is 95.5 Å². The maximum absolute atomic E-state index is 13.3. The third-order valence-corrected chi connectivity index (χ3v) is 2.57. The van der Waals surface area contributed by atoms with Crippen molar-refractivity contribution < 1.29 is 4.39 Å². The molecule has 0 atom stereocenters. The van der Waals surface area contributed by atoms with Crippen molar-refractivity contribution in [3.8, 4) is 11.8 Å². The average molecular weight is 238 g/mol. The molecule has 0 aromatic carbocycles. The van der Waals surface area contributed by atoms with Crippen LogP contribution < -0.4 is 0 Å². The van der Waals surface area contributed by atoms with Crippen LogP contribution >= 0.6 is 22.9 Å². The number of aromatic nitrogens is 1. The fraction of sp³-hybridized carbons (Fsp3) is 0. The molecule has 0 fully saturated rings. The number of thiophene rings is 1. The minimum atomic E-state index is -0.447. The summed E-state index contributed by atoms with van der Waals surface area (Å²) in [5.41, 5.74) is 1.12. The zero-order valence-electron chi connectivity index (χ0n) is 7.50. The standard InChI is InChI=1S/C11H5ClFNS/c12-11-5-10(13)9(6-14-11)2-1-8-3-4-15-7-8/h3-7H. The van der Waals surface area contributed by atoms with E-state index in [2.05, 4.69) is 16.8 Å². The lowest BCUT2D eigenvalue weighted by atomic mass is 10.2. The number of hydrogen-bond acceptors (Lipinski definition) is 2. The van der Waals surface area contributed by atoms with Gasteiger partial charge in [-0.1, -0.05) is 23.4 Å². The van der Waals surface area contributed by atoms with Gasteiger partial charge < -0.3 is 0 Å². The highest BCUT2D eigenvalue weighted by atomic mass is 35.5. The van der Waals surface area contributed by atoms with Gasteiger partial charge in [-0.25, -0.2) is 9.37 Å². The van der Waals surface area contributed by atoms with Crippen LogP contribution in [-0.2, 0) is 0 Å². The predicted molar refractivity (Wildman–Crippen MR) is 59.5 cm³/mol. The first-order chi connectivity index (χ1) is 7.25. The molecule has 0 amide bonds. The van der Waals surface area contributed by atoms with Crippen molar-refractivity contribution in [1.29, 1.82) is 0 Å². The van der Waals surface area contributed by atoms with Gasteiger partial charge in [-0.15, -0.1) is 0 Å². The number of nitrogens with zero attached hydrogens (tertiary/aromatic N) is 1. The first-order valence-electron chi connectivity index (χ1n) is 4.11. The van der Waals surface area contributed by atoms with E-state index in [0.29, 0.717) is 0 Å². The summed E-state index contributed by atoms with van der Waals surface area (Å²) < 4.78 is 13.3. The molecule has 0 saturated heterocycles. The largest absolute Gasteiger partial charge is 0.243 e. The molecule has 2 heterocycles. The van der Waals surface area contributed by atoms with Crippen molar-refractivity contribution in [2.75, 3.05) is 0 Å². The SMILES string of the molecule is Fc1cc(Cl)ncc1C#Cc1ccsc1. The molecule has 0 aliphatic carbocycles. The third kappa shape index (κ3) is 2.56. The topological polar surface area (TPSA) is 12.9 Å². The molecule has 0 unspecified atom stereocenters. The van der Waals surface area contributed by atoms with Crippen molar-refractivity contribution in [2.45, 2.75) is 0 Å². The van der Waals surface area contributed by atoms with Crippen LogP contribution in [-0.4, -0.2) is 4.98 Å². The van der Waals surface area contributed by atoms with E-state index in [1.807, 2.05) is 16.8 Å². The van der Waals surface area contributed by atoms with Crippen LogP contribution in [0, 0.1) is 17.7 Å². The molecule has 0 spiro atoms. The van der Waals surface area contributed by atoms with Gasteiger partial charge in [-0.3, -0.25) is 0 Å². The molecule has 0 N–H and O–H groups in total. The Kier molecular flexibility index (Phi) is 3.00. The Morgan fingerprint density at radius 2 is 2.27 bits per heavy atom. The summed E-state index contributed by atoms with van der Waals surface area (Å²) in [5, 5.41) is 3.95. The molecule has 2 aromatic rings. The summed E-state index contributed by atoms with van der Waals surface area (Å²) in [4.78, 5) is 3.77.